The molecule has 0 bridgehead atoms. The molecule has 1 atom stereocenters. The second-order valence-electron chi connectivity index (χ2n) is 6.31. The van der Waals surface area contributed by atoms with Crippen molar-refractivity contribution in [1.29, 1.82) is 0 Å². The highest BCUT2D eigenvalue weighted by Crippen LogP contribution is 2.30. The molecule has 9 heteroatoms. The molecule has 3 rings (SSSR count). The van der Waals surface area contributed by atoms with Gasteiger partial charge in [-0.25, -0.2) is 21.6 Å². The summed E-state index contributed by atoms with van der Waals surface area (Å²) in [4.78, 5) is 12.6. The minimum absolute atomic E-state index is 0. The number of halogens is 4. The molecule has 0 aliphatic carbocycles. The molecule has 0 aromatic heterocycles. The Bertz CT molecular complexity index is 916. The van der Waals surface area contributed by atoms with Gasteiger partial charge < -0.3 is 4.79 Å². The van der Waals surface area contributed by atoms with Gasteiger partial charge in [0.25, 0.3) is 0 Å². The molecule has 27 heavy (non-hydrogen) atoms. The lowest BCUT2D eigenvalue weighted by Crippen LogP contribution is -2.51. The predicted molar refractivity (Wildman–Crippen MR) is 95.9 cm³/mol. The van der Waals surface area contributed by atoms with Gasteiger partial charge in [0.2, 0.25) is 0 Å². The zero-order valence-electron chi connectivity index (χ0n) is 14.0. The van der Waals surface area contributed by atoms with Gasteiger partial charge in [-0.2, -0.15) is 0 Å². The molecule has 1 saturated heterocycles. The van der Waals surface area contributed by atoms with Crippen molar-refractivity contribution >= 4 is 28.5 Å². The molecule has 4 nitrogen and oxygen atoms in total. The number of sulfone groups is 1. The second kappa shape index (κ2) is 8.41. The summed E-state index contributed by atoms with van der Waals surface area (Å²) in [7, 11) is -3.90. The maximum atomic E-state index is 13.7. The summed E-state index contributed by atoms with van der Waals surface area (Å²) in [5.41, 5.74) is 0.618. The molecular weight excluding hydrogens is 403 g/mol. The van der Waals surface area contributed by atoms with Gasteiger partial charge in [-0.05, 0) is 35.7 Å². The van der Waals surface area contributed by atoms with Gasteiger partial charge in [-0.15, -0.1) is 12.4 Å². The second-order valence-corrected chi connectivity index (χ2v) is 8.31. The average Bonchev–Trinajstić information content (AvgIpc) is 2.54. The Morgan fingerprint density at radius 3 is 2.19 bits per heavy atom. The fraction of sp³-hybridized carbons (Fsp3) is 0.278. The number of hydrogen-bond donors (Lipinski definition) is 0. The van der Waals surface area contributed by atoms with Crippen molar-refractivity contribution in [2.75, 3.05) is 18.8 Å². The number of carbonyl (C=O) groups is 1. The first kappa shape index (κ1) is 21.4. The van der Waals surface area contributed by atoms with Crippen LogP contribution in [0.2, 0.25) is 0 Å². The number of carbonyl (C=O) groups excluding carboxylic acids is 1. The van der Waals surface area contributed by atoms with Crippen LogP contribution in [0.15, 0.2) is 47.4 Å². The van der Waals surface area contributed by atoms with Crippen LogP contribution in [0.25, 0.3) is 0 Å². The lowest BCUT2D eigenvalue weighted by molar-refractivity contribution is -0.115. The lowest BCUT2D eigenvalue weighted by Gasteiger charge is -2.42. The zero-order chi connectivity index (χ0) is 18.9. The number of likely N-dealkylation sites (tertiary alicyclic amines) is 1. The third-order valence-electron chi connectivity index (χ3n) is 4.40. The number of aldehydes is 1. The fourth-order valence-electron chi connectivity index (χ4n) is 3.11. The van der Waals surface area contributed by atoms with Crippen LogP contribution < -0.4 is 0 Å². The van der Waals surface area contributed by atoms with E-state index in [1.165, 1.54) is 24.3 Å². The highest BCUT2D eigenvalue weighted by molar-refractivity contribution is 7.91. The van der Waals surface area contributed by atoms with Gasteiger partial charge in [0.05, 0.1) is 11.8 Å². The SMILES string of the molecule is Cl.O=CC(c1ccc(F)cc1)N1CC(CS(=O)(=O)c2ccc(F)cc2F)C1. The number of nitrogens with zero attached hydrogens (tertiary/aromatic N) is 1. The van der Waals surface area contributed by atoms with Gasteiger partial charge >= 0.3 is 0 Å². The van der Waals surface area contributed by atoms with Crippen molar-refractivity contribution < 1.29 is 26.4 Å². The lowest BCUT2D eigenvalue weighted by atomic mass is 9.96. The third kappa shape index (κ3) is 4.69. The molecule has 1 unspecified atom stereocenters. The first-order valence-electron chi connectivity index (χ1n) is 7.93. The van der Waals surface area contributed by atoms with E-state index in [0.29, 0.717) is 24.7 Å². The molecule has 2 aromatic rings. The molecule has 146 valence electrons. The van der Waals surface area contributed by atoms with Gasteiger partial charge in [-0.1, -0.05) is 12.1 Å². The predicted octanol–water partition coefficient (Wildman–Crippen LogP) is 3.17. The molecule has 0 amide bonds. The summed E-state index contributed by atoms with van der Waals surface area (Å²) in [5.74, 6) is -2.93. The Morgan fingerprint density at radius 1 is 1.04 bits per heavy atom. The quantitative estimate of drug-likeness (QED) is 0.533. The molecule has 0 N–H and O–H groups in total. The number of benzene rings is 2. The van der Waals surface area contributed by atoms with E-state index in [9.17, 15) is 26.4 Å². The van der Waals surface area contributed by atoms with Crippen LogP contribution in [0.3, 0.4) is 0 Å². The Labute approximate surface area is 161 Å². The van der Waals surface area contributed by atoms with E-state index in [2.05, 4.69) is 0 Å². The van der Waals surface area contributed by atoms with Crippen LogP contribution in [-0.4, -0.2) is 38.4 Å². The summed E-state index contributed by atoms with van der Waals surface area (Å²) in [6.07, 6.45) is 0.720. The minimum Gasteiger partial charge on any atom is -0.301 e. The smallest absolute Gasteiger partial charge is 0.181 e. The normalized spacial score (nSPS) is 16.3. The largest absolute Gasteiger partial charge is 0.301 e. The van der Waals surface area contributed by atoms with Gasteiger partial charge in [0.1, 0.15) is 28.6 Å². The van der Waals surface area contributed by atoms with Crippen molar-refractivity contribution in [2.24, 2.45) is 5.92 Å². The molecule has 1 aliphatic rings. The van der Waals surface area contributed by atoms with Crippen LogP contribution in [0.4, 0.5) is 13.2 Å². The molecule has 1 fully saturated rings. The van der Waals surface area contributed by atoms with Gasteiger partial charge in [0.15, 0.2) is 9.84 Å². The van der Waals surface area contributed by atoms with E-state index in [1.807, 2.05) is 0 Å². The maximum absolute atomic E-state index is 13.7. The standard InChI is InChI=1S/C18H16F3NO3S.ClH/c19-14-3-1-13(2-4-14)17(10-23)22-8-12(9-22)11-26(24,25)18-6-5-15(20)7-16(18)21;/h1-7,10,12,17H,8-9,11H2;1H. The number of rotatable bonds is 6. The highest BCUT2D eigenvalue weighted by atomic mass is 35.5. The van der Waals surface area contributed by atoms with Crippen molar-refractivity contribution in [1.82, 2.24) is 4.90 Å². The molecular formula is C18H17ClF3NO3S. The van der Waals surface area contributed by atoms with Crippen molar-refractivity contribution in [3.8, 4) is 0 Å². The highest BCUT2D eigenvalue weighted by Gasteiger charge is 2.36. The minimum atomic E-state index is -3.90. The van der Waals surface area contributed by atoms with Crippen LogP contribution in [0.5, 0.6) is 0 Å². The Kier molecular flexibility index (Phi) is 6.67. The summed E-state index contributed by atoms with van der Waals surface area (Å²) in [6, 6.07) is 7.30. The third-order valence-corrected chi connectivity index (χ3v) is 6.31. The van der Waals surface area contributed by atoms with E-state index < -0.39 is 38.2 Å². The van der Waals surface area contributed by atoms with Crippen LogP contribution >= 0.6 is 12.4 Å². The molecule has 1 heterocycles. The van der Waals surface area contributed by atoms with E-state index in [4.69, 9.17) is 0 Å². The van der Waals surface area contributed by atoms with Crippen molar-refractivity contribution in [3.05, 3.63) is 65.5 Å². The summed E-state index contributed by atoms with van der Waals surface area (Å²) < 4.78 is 64.3. The van der Waals surface area contributed by atoms with Crippen LogP contribution in [0, 0.1) is 23.4 Å². The Balaban J connectivity index is 0.00000261. The number of hydrogen-bond acceptors (Lipinski definition) is 4. The van der Waals surface area contributed by atoms with E-state index in [0.717, 1.165) is 18.4 Å². The molecule has 1 aliphatic heterocycles. The van der Waals surface area contributed by atoms with Crippen molar-refractivity contribution in [2.45, 2.75) is 10.9 Å². The van der Waals surface area contributed by atoms with Crippen molar-refractivity contribution in [3.63, 3.8) is 0 Å². The Morgan fingerprint density at radius 2 is 1.63 bits per heavy atom. The molecule has 0 saturated carbocycles. The topological polar surface area (TPSA) is 54.5 Å². The molecule has 2 aromatic carbocycles. The average molecular weight is 420 g/mol. The van der Waals surface area contributed by atoms with Crippen LogP contribution in [0.1, 0.15) is 11.6 Å². The molecule has 0 spiro atoms. The summed E-state index contributed by atoms with van der Waals surface area (Å²) in [5, 5.41) is 0. The van der Waals surface area contributed by atoms with E-state index >= 15 is 0 Å². The fourth-order valence-corrected chi connectivity index (χ4v) is 4.75. The van der Waals surface area contributed by atoms with E-state index in [-0.39, 0.29) is 24.1 Å². The van der Waals surface area contributed by atoms with Gasteiger partial charge in [0, 0.05) is 19.2 Å². The zero-order valence-corrected chi connectivity index (χ0v) is 15.7. The maximum Gasteiger partial charge on any atom is 0.181 e. The molecule has 0 radical (unpaired) electrons. The first-order chi connectivity index (χ1) is 12.3. The van der Waals surface area contributed by atoms with Crippen LogP contribution in [-0.2, 0) is 14.6 Å². The first-order valence-corrected chi connectivity index (χ1v) is 9.58. The van der Waals surface area contributed by atoms with Gasteiger partial charge in [-0.3, -0.25) is 4.90 Å². The van der Waals surface area contributed by atoms with E-state index in [1.54, 1.807) is 4.90 Å². The monoisotopic (exact) mass is 419 g/mol. The summed E-state index contributed by atoms with van der Waals surface area (Å²) in [6.45, 7) is 0.672. The Hall–Kier alpha value is -1.90. The summed E-state index contributed by atoms with van der Waals surface area (Å²) >= 11 is 0.